The molecular weight excluding hydrogens is 354 g/mol. The molecular formula is C18H27N3O4S. The number of sulfonamides is 1. The predicted octanol–water partition coefficient (Wildman–Crippen LogP) is 2.06. The maximum atomic E-state index is 12.4. The number of anilines is 1. The van der Waals surface area contributed by atoms with Gasteiger partial charge in [-0.25, -0.2) is 8.42 Å². The van der Waals surface area contributed by atoms with Gasteiger partial charge < -0.3 is 10.2 Å². The first kappa shape index (κ1) is 20.4. The van der Waals surface area contributed by atoms with Crippen molar-refractivity contribution in [3.63, 3.8) is 0 Å². The highest BCUT2D eigenvalue weighted by Gasteiger charge is 2.23. The summed E-state index contributed by atoms with van der Waals surface area (Å²) in [5.41, 5.74) is 0.503. The lowest BCUT2D eigenvalue weighted by Gasteiger charge is -2.21. The number of amides is 2. The zero-order chi connectivity index (χ0) is 19.3. The van der Waals surface area contributed by atoms with E-state index in [4.69, 9.17) is 0 Å². The van der Waals surface area contributed by atoms with E-state index in [9.17, 15) is 18.0 Å². The number of rotatable bonds is 6. The quantitative estimate of drug-likeness (QED) is 0.817. The Hall–Kier alpha value is -1.93. The second-order valence-corrected chi connectivity index (χ2v) is 8.81. The third-order valence-corrected chi connectivity index (χ3v) is 6.60. The van der Waals surface area contributed by atoms with E-state index in [0.717, 1.165) is 19.3 Å². The van der Waals surface area contributed by atoms with E-state index >= 15 is 0 Å². The number of hydrogen-bond donors (Lipinski definition) is 1. The molecule has 1 aliphatic rings. The van der Waals surface area contributed by atoms with Crippen molar-refractivity contribution in [2.75, 3.05) is 25.5 Å². The number of carbonyl (C=O) groups is 2. The summed E-state index contributed by atoms with van der Waals surface area (Å²) in [7, 11) is -2.01. The fourth-order valence-corrected chi connectivity index (χ4v) is 4.10. The predicted molar refractivity (Wildman–Crippen MR) is 100 cm³/mol. The smallest absolute Gasteiger partial charge is 0.243 e. The Morgan fingerprint density at radius 3 is 2.46 bits per heavy atom. The van der Waals surface area contributed by atoms with E-state index in [1.807, 2.05) is 0 Å². The molecule has 1 aliphatic heterocycles. The highest BCUT2D eigenvalue weighted by atomic mass is 32.2. The number of hydrogen-bond acceptors (Lipinski definition) is 4. The van der Waals surface area contributed by atoms with Crippen molar-refractivity contribution in [3.8, 4) is 0 Å². The first-order valence-electron chi connectivity index (χ1n) is 8.87. The van der Waals surface area contributed by atoms with Crippen molar-refractivity contribution in [1.29, 1.82) is 0 Å². The van der Waals surface area contributed by atoms with Gasteiger partial charge >= 0.3 is 0 Å². The maximum Gasteiger partial charge on any atom is 0.243 e. The van der Waals surface area contributed by atoms with Crippen LogP contribution in [0.1, 0.15) is 39.5 Å². The summed E-state index contributed by atoms with van der Waals surface area (Å²) in [6, 6.07) is 5.92. The summed E-state index contributed by atoms with van der Waals surface area (Å²) >= 11 is 0. The summed E-state index contributed by atoms with van der Waals surface area (Å²) in [6.07, 6.45) is 3.28. The minimum absolute atomic E-state index is 0.0100. The molecule has 2 rings (SSSR count). The Kier molecular flexibility index (Phi) is 6.77. The van der Waals surface area contributed by atoms with Crippen LogP contribution in [0.5, 0.6) is 0 Å². The van der Waals surface area contributed by atoms with Crippen LogP contribution in [0, 0.1) is 0 Å². The molecule has 0 radical (unpaired) electrons. The van der Waals surface area contributed by atoms with Gasteiger partial charge in [-0.15, -0.1) is 0 Å². The molecule has 7 nitrogen and oxygen atoms in total. The SMILES string of the molecule is CC(C)N(C)S(=O)(=O)c1ccc(NC(=O)CN2CCCCCC2=O)cc1. The van der Waals surface area contributed by atoms with Gasteiger partial charge in [-0.1, -0.05) is 6.42 Å². The van der Waals surface area contributed by atoms with E-state index in [-0.39, 0.29) is 29.3 Å². The normalized spacial score (nSPS) is 16.0. The Bertz CT molecular complexity index is 744. The minimum Gasteiger partial charge on any atom is -0.333 e. The molecule has 1 heterocycles. The van der Waals surface area contributed by atoms with Gasteiger partial charge in [0.25, 0.3) is 0 Å². The summed E-state index contributed by atoms with van der Waals surface area (Å²) in [6.45, 7) is 4.23. The molecule has 1 saturated heterocycles. The van der Waals surface area contributed by atoms with Crippen molar-refractivity contribution in [2.24, 2.45) is 0 Å². The molecule has 0 spiro atoms. The van der Waals surface area contributed by atoms with Gasteiger partial charge in [0.1, 0.15) is 0 Å². The lowest BCUT2D eigenvalue weighted by atomic mass is 10.2. The van der Waals surface area contributed by atoms with Gasteiger partial charge in [-0.05, 0) is 51.0 Å². The summed E-state index contributed by atoms with van der Waals surface area (Å²) in [4.78, 5) is 25.9. The monoisotopic (exact) mass is 381 g/mol. The lowest BCUT2D eigenvalue weighted by Crippen LogP contribution is -2.37. The molecule has 0 bridgehead atoms. The minimum atomic E-state index is -3.55. The van der Waals surface area contributed by atoms with E-state index < -0.39 is 10.0 Å². The maximum absolute atomic E-state index is 12.4. The van der Waals surface area contributed by atoms with Crippen LogP contribution in [0.3, 0.4) is 0 Å². The summed E-state index contributed by atoms with van der Waals surface area (Å²) in [5, 5.41) is 2.72. The first-order valence-corrected chi connectivity index (χ1v) is 10.3. The van der Waals surface area contributed by atoms with Crippen LogP contribution in [0.25, 0.3) is 0 Å². The molecule has 1 N–H and O–H groups in total. The molecule has 144 valence electrons. The van der Waals surface area contributed by atoms with Crippen molar-refractivity contribution in [1.82, 2.24) is 9.21 Å². The third kappa shape index (κ3) is 5.04. The second kappa shape index (κ2) is 8.64. The van der Waals surface area contributed by atoms with E-state index in [2.05, 4.69) is 5.32 Å². The third-order valence-electron chi connectivity index (χ3n) is 4.55. The zero-order valence-corrected chi connectivity index (χ0v) is 16.4. The summed E-state index contributed by atoms with van der Waals surface area (Å²) < 4.78 is 26.2. The van der Waals surface area contributed by atoms with Crippen LogP contribution in [-0.2, 0) is 19.6 Å². The highest BCUT2D eigenvalue weighted by Crippen LogP contribution is 2.19. The number of nitrogens with one attached hydrogen (secondary N) is 1. The van der Waals surface area contributed by atoms with Crippen molar-refractivity contribution >= 4 is 27.5 Å². The van der Waals surface area contributed by atoms with Gasteiger partial charge in [-0.3, -0.25) is 9.59 Å². The average Bonchev–Trinajstić information content (AvgIpc) is 2.79. The molecule has 1 aromatic rings. The largest absolute Gasteiger partial charge is 0.333 e. The number of likely N-dealkylation sites (tertiary alicyclic amines) is 1. The van der Waals surface area contributed by atoms with Crippen LogP contribution >= 0.6 is 0 Å². The van der Waals surface area contributed by atoms with Gasteiger partial charge in [0.05, 0.1) is 11.4 Å². The average molecular weight is 381 g/mol. The molecule has 2 amide bonds. The Balaban J connectivity index is 2.00. The number of carbonyl (C=O) groups excluding carboxylic acids is 2. The van der Waals surface area contributed by atoms with Gasteiger partial charge in [0.2, 0.25) is 21.8 Å². The van der Waals surface area contributed by atoms with Crippen molar-refractivity contribution < 1.29 is 18.0 Å². The Morgan fingerprint density at radius 1 is 1.19 bits per heavy atom. The van der Waals surface area contributed by atoms with Gasteiger partial charge in [-0.2, -0.15) is 4.31 Å². The fourth-order valence-electron chi connectivity index (χ4n) is 2.73. The zero-order valence-electron chi connectivity index (χ0n) is 15.6. The summed E-state index contributed by atoms with van der Waals surface area (Å²) in [5.74, 6) is -0.272. The molecule has 0 aliphatic carbocycles. The first-order chi connectivity index (χ1) is 12.2. The Morgan fingerprint density at radius 2 is 1.85 bits per heavy atom. The second-order valence-electron chi connectivity index (χ2n) is 6.81. The topological polar surface area (TPSA) is 86.8 Å². The van der Waals surface area contributed by atoms with E-state index in [1.54, 1.807) is 30.9 Å². The van der Waals surface area contributed by atoms with Crippen LogP contribution in [0.15, 0.2) is 29.2 Å². The van der Waals surface area contributed by atoms with Crippen LogP contribution < -0.4 is 5.32 Å². The molecule has 0 aromatic heterocycles. The molecule has 8 heteroatoms. The molecule has 0 unspecified atom stereocenters. The van der Waals surface area contributed by atoms with Crippen LogP contribution in [0.2, 0.25) is 0 Å². The van der Waals surface area contributed by atoms with Gasteiger partial charge in [0.15, 0.2) is 0 Å². The van der Waals surface area contributed by atoms with Crippen molar-refractivity contribution in [3.05, 3.63) is 24.3 Å². The molecule has 1 aromatic carbocycles. The van der Waals surface area contributed by atoms with Gasteiger partial charge in [0, 0.05) is 31.7 Å². The molecule has 1 fully saturated rings. The lowest BCUT2D eigenvalue weighted by molar-refractivity contribution is -0.134. The van der Waals surface area contributed by atoms with E-state index in [1.165, 1.54) is 23.5 Å². The number of nitrogens with zero attached hydrogens (tertiary/aromatic N) is 2. The molecule has 0 saturated carbocycles. The molecule has 0 atom stereocenters. The van der Waals surface area contributed by atoms with E-state index in [0.29, 0.717) is 18.7 Å². The van der Waals surface area contributed by atoms with Crippen LogP contribution in [-0.4, -0.2) is 55.6 Å². The Labute approximate surface area is 155 Å². The van der Waals surface area contributed by atoms with Crippen LogP contribution in [0.4, 0.5) is 5.69 Å². The number of benzene rings is 1. The molecule has 26 heavy (non-hydrogen) atoms. The fraction of sp³-hybridized carbons (Fsp3) is 0.556. The highest BCUT2D eigenvalue weighted by molar-refractivity contribution is 7.89. The van der Waals surface area contributed by atoms with Crippen molar-refractivity contribution in [2.45, 2.75) is 50.5 Å². The standard InChI is InChI=1S/C18H27N3O4S/c1-14(2)20(3)26(24,25)16-10-8-15(9-11-16)19-17(22)13-21-12-6-4-5-7-18(21)23/h8-11,14H,4-7,12-13H2,1-3H3,(H,19,22).